The third kappa shape index (κ3) is 11.9. The number of epoxide rings is 1. The van der Waals surface area contributed by atoms with Crippen LogP contribution in [-0.4, -0.2) is 158 Å². The van der Waals surface area contributed by atoms with E-state index in [0.29, 0.717) is 12.7 Å². The zero-order valence-electron chi connectivity index (χ0n) is 34.1. The molecular formula is C39H61NO16. The Labute approximate surface area is 328 Å². The first kappa shape index (κ1) is 45.8. The van der Waals surface area contributed by atoms with Crippen LogP contribution in [0.4, 0.5) is 0 Å². The summed E-state index contributed by atoms with van der Waals surface area (Å²) in [5, 5.41) is 23.2. The Hall–Kier alpha value is -2.87. The summed E-state index contributed by atoms with van der Waals surface area (Å²) in [5.74, 6) is -3.54. The molecule has 0 amide bonds. The van der Waals surface area contributed by atoms with Gasteiger partial charge in [0.15, 0.2) is 24.5 Å². The number of ketones is 1. The Balaban J connectivity index is 1.67. The van der Waals surface area contributed by atoms with Crippen molar-refractivity contribution in [2.45, 2.75) is 172 Å². The van der Waals surface area contributed by atoms with Crippen molar-refractivity contribution in [1.82, 2.24) is 4.90 Å². The van der Waals surface area contributed by atoms with Crippen LogP contribution in [0.5, 0.6) is 0 Å². The van der Waals surface area contributed by atoms with Crippen LogP contribution in [0.15, 0.2) is 12.2 Å². The SMILES string of the molecule is CO[C@H]1[C@@H](O[C@@H]2O[C@H](C)[C@@H](O[C@H]3C[C@](C)(O)[C@H](OC(C)=O)[C@H](C)O3)[C@H](N(C)C)[C@@H]2O)[C@@H](CC=O)C[C@@H](C)C(=O)C=C[C@@H]2O[C@@H]2C[C@@H](C)OC(=O)C[C@@H]1OC(C)=O. The predicted octanol–water partition coefficient (Wildman–Crippen LogP) is 1.41. The quantitative estimate of drug-likeness (QED) is 0.138. The normalized spacial score (nSPS) is 42.7. The molecular weight excluding hydrogens is 738 g/mol. The molecule has 0 saturated carbocycles. The van der Waals surface area contributed by atoms with Crippen LogP contribution in [0.2, 0.25) is 0 Å². The van der Waals surface area contributed by atoms with Gasteiger partial charge in [-0.05, 0) is 66.3 Å². The molecule has 318 valence electrons. The number of methoxy groups -OCH3 is 1. The molecule has 0 radical (unpaired) electrons. The third-order valence-electron chi connectivity index (χ3n) is 10.9. The molecule has 17 nitrogen and oxygen atoms in total. The summed E-state index contributed by atoms with van der Waals surface area (Å²) in [4.78, 5) is 64.8. The molecule has 0 bridgehead atoms. The molecule has 4 aliphatic heterocycles. The molecule has 4 heterocycles. The number of allylic oxidation sites excluding steroid dienone is 1. The number of carbonyl (C=O) groups excluding carboxylic acids is 5. The molecule has 4 aliphatic rings. The van der Waals surface area contributed by atoms with Gasteiger partial charge in [0, 0.05) is 46.1 Å². The van der Waals surface area contributed by atoms with E-state index in [4.69, 9.17) is 42.6 Å². The van der Waals surface area contributed by atoms with Crippen molar-refractivity contribution in [2.75, 3.05) is 21.2 Å². The Morgan fingerprint density at radius 1 is 0.964 bits per heavy atom. The maximum atomic E-state index is 13.4. The van der Waals surface area contributed by atoms with Crippen LogP contribution in [0, 0.1) is 11.8 Å². The minimum absolute atomic E-state index is 0.0568. The number of hydrogen-bond acceptors (Lipinski definition) is 17. The van der Waals surface area contributed by atoms with Gasteiger partial charge in [0.25, 0.3) is 0 Å². The first-order chi connectivity index (χ1) is 26.3. The number of aldehydes is 1. The standard InChI is InChI=1S/C39H61NO16/c1-19-15-25(13-14-41)35(36(48-10)29(52-23(5)42)17-30(45)49-20(2)16-28-27(54-28)12-11-26(19)44)56-38-33(46)32(40(8)9)34(21(3)51-38)55-31-18-39(7,47)37(22(4)50-31)53-24(6)43/h11-12,14,19-22,25,27-29,31-38,46-47H,13,15-18H2,1-10H3/t19-,20-,21-,22+,25+,27+,28-,29+,31+,32-,33+,34-,35+,36-,37-,38+,39+/m1/s1. The Kier molecular flexibility index (Phi) is 16.1. The number of rotatable bonds is 10. The highest BCUT2D eigenvalue weighted by atomic mass is 16.7. The molecule has 0 aliphatic carbocycles. The number of cyclic esters (lactones) is 1. The van der Waals surface area contributed by atoms with E-state index in [1.807, 2.05) is 0 Å². The summed E-state index contributed by atoms with van der Waals surface area (Å²) >= 11 is 0. The number of esters is 3. The monoisotopic (exact) mass is 799 g/mol. The van der Waals surface area contributed by atoms with Crippen molar-refractivity contribution < 1.29 is 76.8 Å². The summed E-state index contributed by atoms with van der Waals surface area (Å²) in [7, 11) is 4.80. The molecule has 56 heavy (non-hydrogen) atoms. The van der Waals surface area contributed by atoms with Gasteiger partial charge in [0.05, 0.1) is 36.9 Å². The molecule has 2 N–H and O–H groups in total. The number of aliphatic hydroxyl groups is 2. The Morgan fingerprint density at radius 2 is 1.64 bits per heavy atom. The molecule has 17 atom stereocenters. The van der Waals surface area contributed by atoms with Crippen LogP contribution in [0.3, 0.4) is 0 Å². The molecule has 17 heteroatoms. The molecule has 3 fully saturated rings. The second kappa shape index (κ2) is 19.7. The van der Waals surface area contributed by atoms with Crippen molar-refractivity contribution in [3.63, 3.8) is 0 Å². The van der Waals surface area contributed by atoms with Crippen LogP contribution >= 0.6 is 0 Å². The Bertz CT molecular complexity index is 1400. The minimum Gasteiger partial charge on any atom is -0.462 e. The largest absolute Gasteiger partial charge is 0.462 e. The summed E-state index contributed by atoms with van der Waals surface area (Å²) in [6.07, 6.45) is -8.14. The highest BCUT2D eigenvalue weighted by Gasteiger charge is 2.53. The summed E-state index contributed by atoms with van der Waals surface area (Å²) < 4.78 is 53.6. The van der Waals surface area contributed by atoms with E-state index < -0.39 is 115 Å². The van der Waals surface area contributed by atoms with Gasteiger partial charge < -0.3 is 62.5 Å². The molecule has 0 aromatic heterocycles. The van der Waals surface area contributed by atoms with Gasteiger partial charge in [0.1, 0.15) is 48.5 Å². The molecule has 0 aromatic carbocycles. The first-order valence-corrected chi connectivity index (χ1v) is 19.3. The van der Waals surface area contributed by atoms with Gasteiger partial charge in [-0.1, -0.05) is 6.92 Å². The average molecular weight is 800 g/mol. The van der Waals surface area contributed by atoms with Gasteiger partial charge >= 0.3 is 17.9 Å². The number of ether oxygens (including phenoxy) is 9. The van der Waals surface area contributed by atoms with Gasteiger partial charge in [0.2, 0.25) is 0 Å². The smallest absolute Gasteiger partial charge is 0.309 e. The second-order valence-corrected chi connectivity index (χ2v) is 16.0. The van der Waals surface area contributed by atoms with Crippen LogP contribution in [0.25, 0.3) is 0 Å². The number of hydrogen-bond donors (Lipinski definition) is 2. The lowest BCUT2D eigenvalue weighted by Crippen LogP contribution is -2.66. The number of fused-ring (bicyclic) bond motifs is 1. The Morgan fingerprint density at radius 3 is 2.23 bits per heavy atom. The number of nitrogens with zero attached hydrogens (tertiary/aromatic N) is 1. The molecule has 0 aromatic rings. The van der Waals surface area contributed by atoms with E-state index in [1.165, 1.54) is 34.0 Å². The van der Waals surface area contributed by atoms with E-state index in [1.54, 1.807) is 52.8 Å². The fraction of sp³-hybridized carbons (Fsp3) is 0.821. The third-order valence-corrected chi connectivity index (χ3v) is 10.9. The van der Waals surface area contributed by atoms with E-state index in [9.17, 15) is 34.2 Å². The highest BCUT2D eigenvalue weighted by Crippen LogP contribution is 2.38. The fourth-order valence-corrected chi connectivity index (χ4v) is 8.17. The van der Waals surface area contributed by atoms with Crippen LogP contribution in [-0.2, 0) is 66.6 Å². The predicted molar refractivity (Wildman–Crippen MR) is 195 cm³/mol. The molecule has 0 spiro atoms. The fourth-order valence-electron chi connectivity index (χ4n) is 8.17. The van der Waals surface area contributed by atoms with Gasteiger partial charge in [-0.2, -0.15) is 0 Å². The van der Waals surface area contributed by atoms with E-state index in [-0.39, 0.29) is 37.3 Å². The first-order valence-electron chi connectivity index (χ1n) is 19.3. The number of aliphatic hydroxyl groups excluding tert-OH is 1. The van der Waals surface area contributed by atoms with Gasteiger partial charge in [-0.3, -0.25) is 19.2 Å². The highest BCUT2D eigenvalue weighted by molar-refractivity contribution is 5.91. The topological polar surface area (TPSA) is 215 Å². The number of likely N-dealkylation sites (N-methyl/N-ethyl adjacent to an activating group) is 1. The lowest BCUT2D eigenvalue weighted by Gasteiger charge is -2.50. The lowest BCUT2D eigenvalue weighted by atomic mass is 9.83. The van der Waals surface area contributed by atoms with E-state index in [2.05, 4.69) is 0 Å². The van der Waals surface area contributed by atoms with Gasteiger partial charge in [-0.15, -0.1) is 0 Å². The van der Waals surface area contributed by atoms with Crippen molar-refractivity contribution in [3.05, 3.63) is 12.2 Å². The van der Waals surface area contributed by atoms with Crippen molar-refractivity contribution >= 4 is 30.0 Å². The average Bonchev–Trinajstić information content (AvgIpc) is 3.82. The van der Waals surface area contributed by atoms with Crippen LogP contribution < -0.4 is 0 Å². The molecule has 4 rings (SSSR count). The van der Waals surface area contributed by atoms with E-state index >= 15 is 0 Å². The summed E-state index contributed by atoms with van der Waals surface area (Å²) in [6, 6.07) is -0.796. The van der Waals surface area contributed by atoms with Gasteiger partial charge in [-0.25, -0.2) is 0 Å². The minimum atomic E-state index is -1.50. The summed E-state index contributed by atoms with van der Waals surface area (Å²) in [5.41, 5.74) is -1.50. The van der Waals surface area contributed by atoms with Crippen molar-refractivity contribution in [1.29, 1.82) is 0 Å². The van der Waals surface area contributed by atoms with Crippen LogP contribution in [0.1, 0.15) is 80.6 Å². The zero-order chi connectivity index (χ0) is 41.6. The van der Waals surface area contributed by atoms with Crippen molar-refractivity contribution in [3.8, 4) is 0 Å². The maximum Gasteiger partial charge on any atom is 0.309 e. The summed E-state index contributed by atoms with van der Waals surface area (Å²) in [6.45, 7) is 10.8. The lowest BCUT2D eigenvalue weighted by molar-refractivity contribution is -0.344. The number of carbonyl (C=O) groups is 5. The van der Waals surface area contributed by atoms with E-state index in [0.717, 1.165) is 0 Å². The zero-order valence-corrected chi connectivity index (χ0v) is 34.1. The second-order valence-electron chi connectivity index (χ2n) is 16.0. The molecule has 3 saturated heterocycles. The van der Waals surface area contributed by atoms with Crippen molar-refractivity contribution in [2.24, 2.45) is 11.8 Å². The molecule has 0 unspecified atom stereocenters. The maximum absolute atomic E-state index is 13.4.